The minimum absolute atomic E-state index is 0.0776. The van der Waals surface area contributed by atoms with E-state index < -0.39 is 6.04 Å². The van der Waals surface area contributed by atoms with E-state index in [0.29, 0.717) is 53.2 Å². The number of phenols is 1. The summed E-state index contributed by atoms with van der Waals surface area (Å²) in [5, 5.41) is 13.0. The number of benzene rings is 3. The standard InChI is InChI=1S/C29H23Br2N3O4S/c1-3-38-20-11-9-18(10-12-20)25-24(27(36)33-19-7-5-4-6-8-19)16(2)32-29-34(25)28(37)23(39-29)15-17-13-21(30)26(35)22(31)14-17/h4-15,25,35H,3H2,1-2H3,(H,33,36)/b23-15-/t25-/m0/s1. The Balaban J connectivity index is 1.67. The average Bonchev–Trinajstić information content (AvgIpc) is 3.21. The van der Waals surface area contributed by atoms with Crippen molar-refractivity contribution in [2.45, 2.75) is 19.9 Å². The van der Waals surface area contributed by atoms with Crippen molar-refractivity contribution in [3.05, 3.63) is 118 Å². The van der Waals surface area contributed by atoms with Gasteiger partial charge in [-0.15, -0.1) is 0 Å². The molecule has 3 aromatic carbocycles. The number of nitrogens with zero attached hydrogens (tertiary/aromatic N) is 2. The van der Waals surface area contributed by atoms with Gasteiger partial charge in [0.15, 0.2) is 4.80 Å². The first-order valence-corrected chi connectivity index (χ1v) is 14.5. The van der Waals surface area contributed by atoms with Gasteiger partial charge in [-0.3, -0.25) is 14.2 Å². The van der Waals surface area contributed by atoms with Crippen molar-refractivity contribution in [1.82, 2.24) is 4.57 Å². The van der Waals surface area contributed by atoms with Gasteiger partial charge in [-0.2, -0.15) is 0 Å². The molecular formula is C29H23Br2N3O4S. The summed E-state index contributed by atoms with van der Waals surface area (Å²) in [4.78, 5) is 32.7. The van der Waals surface area contributed by atoms with Crippen molar-refractivity contribution in [3.63, 3.8) is 0 Å². The molecule has 7 nitrogen and oxygen atoms in total. The van der Waals surface area contributed by atoms with Crippen molar-refractivity contribution in [2.75, 3.05) is 11.9 Å². The maximum absolute atomic E-state index is 13.9. The lowest BCUT2D eigenvalue weighted by Crippen LogP contribution is -2.40. The number of allylic oxidation sites excluding steroid dienone is 1. The predicted molar refractivity (Wildman–Crippen MR) is 160 cm³/mol. The minimum atomic E-state index is -0.693. The summed E-state index contributed by atoms with van der Waals surface area (Å²) in [7, 11) is 0. The normalized spacial score (nSPS) is 15.1. The van der Waals surface area contributed by atoms with Gasteiger partial charge in [0.25, 0.3) is 11.5 Å². The largest absolute Gasteiger partial charge is 0.506 e. The van der Waals surface area contributed by atoms with E-state index in [-0.39, 0.29) is 17.2 Å². The molecule has 10 heteroatoms. The number of halogens is 2. The molecule has 0 saturated carbocycles. The van der Waals surface area contributed by atoms with E-state index in [1.165, 1.54) is 11.3 Å². The zero-order valence-electron chi connectivity index (χ0n) is 20.9. The van der Waals surface area contributed by atoms with Crippen LogP contribution in [0, 0.1) is 0 Å². The molecule has 4 aromatic rings. The van der Waals surface area contributed by atoms with Crippen LogP contribution in [-0.4, -0.2) is 22.2 Å². The number of aromatic nitrogens is 1. The summed E-state index contributed by atoms with van der Waals surface area (Å²) >= 11 is 7.93. The average molecular weight is 669 g/mol. The Morgan fingerprint density at radius 2 is 1.79 bits per heavy atom. The zero-order chi connectivity index (χ0) is 27.7. The monoisotopic (exact) mass is 667 g/mol. The lowest BCUT2D eigenvalue weighted by atomic mass is 9.95. The number of rotatable bonds is 6. The molecule has 1 amide bonds. The molecule has 0 radical (unpaired) electrons. The summed E-state index contributed by atoms with van der Waals surface area (Å²) in [5.41, 5.74) is 2.77. The molecule has 39 heavy (non-hydrogen) atoms. The number of carbonyl (C=O) groups is 1. The van der Waals surface area contributed by atoms with Gasteiger partial charge in [-0.05, 0) is 99.3 Å². The third kappa shape index (κ3) is 5.50. The maximum atomic E-state index is 13.9. The Kier molecular flexibility index (Phi) is 7.88. The van der Waals surface area contributed by atoms with E-state index in [0.717, 1.165) is 5.56 Å². The highest BCUT2D eigenvalue weighted by Crippen LogP contribution is 2.34. The Morgan fingerprint density at radius 1 is 1.13 bits per heavy atom. The third-order valence-corrected chi connectivity index (χ3v) is 8.33. The number of carbonyl (C=O) groups excluding carboxylic acids is 1. The van der Waals surface area contributed by atoms with E-state index in [1.807, 2.05) is 61.5 Å². The van der Waals surface area contributed by atoms with Gasteiger partial charge < -0.3 is 15.2 Å². The van der Waals surface area contributed by atoms with E-state index in [9.17, 15) is 14.7 Å². The molecular weight excluding hydrogens is 646 g/mol. The maximum Gasteiger partial charge on any atom is 0.271 e. The number of hydrogen-bond donors (Lipinski definition) is 2. The van der Waals surface area contributed by atoms with Crippen LogP contribution in [0.25, 0.3) is 6.08 Å². The molecule has 2 heterocycles. The summed E-state index contributed by atoms with van der Waals surface area (Å²) in [6.45, 7) is 4.23. The second-order valence-electron chi connectivity index (χ2n) is 8.74. The van der Waals surface area contributed by atoms with Gasteiger partial charge in [0.1, 0.15) is 11.5 Å². The molecule has 0 unspecified atom stereocenters. The van der Waals surface area contributed by atoms with Gasteiger partial charge >= 0.3 is 0 Å². The number of aromatic hydroxyl groups is 1. The number of amides is 1. The molecule has 0 saturated heterocycles. The van der Waals surface area contributed by atoms with Crippen molar-refractivity contribution >= 4 is 60.9 Å². The van der Waals surface area contributed by atoms with E-state index in [1.54, 1.807) is 29.7 Å². The second kappa shape index (κ2) is 11.3. The van der Waals surface area contributed by atoms with Crippen molar-refractivity contribution < 1.29 is 14.6 Å². The van der Waals surface area contributed by atoms with Crippen LogP contribution in [0.4, 0.5) is 5.69 Å². The Bertz CT molecular complexity index is 1750. The van der Waals surface area contributed by atoms with Crippen LogP contribution in [0.3, 0.4) is 0 Å². The molecule has 2 N–H and O–H groups in total. The summed E-state index contributed by atoms with van der Waals surface area (Å²) in [6.07, 6.45) is 1.75. The number of anilines is 1. The fourth-order valence-corrected chi connectivity index (χ4v) is 6.65. The Morgan fingerprint density at radius 3 is 2.44 bits per heavy atom. The molecule has 0 bridgehead atoms. The molecule has 5 rings (SSSR count). The predicted octanol–water partition coefficient (Wildman–Crippen LogP) is 5.50. The molecule has 0 aliphatic carbocycles. The lowest BCUT2D eigenvalue weighted by molar-refractivity contribution is -0.113. The van der Waals surface area contributed by atoms with Gasteiger partial charge in [-0.1, -0.05) is 41.7 Å². The van der Waals surface area contributed by atoms with Gasteiger partial charge in [0.05, 0.1) is 37.4 Å². The Hall–Kier alpha value is -3.47. The number of para-hydroxylation sites is 1. The number of nitrogens with one attached hydrogen (secondary N) is 1. The lowest BCUT2D eigenvalue weighted by Gasteiger charge is -2.25. The van der Waals surface area contributed by atoms with Crippen LogP contribution in [0.2, 0.25) is 0 Å². The molecule has 1 aromatic heterocycles. The summed E-state index contributed by atoms with van der Waals surface area (Å²) in [6, 6.07) is 19.4. The molecule has 0 spiro atoms. The first kappa shape index (κ1) is 27.1. The Labute approximate surface area is 245 Å². The molecule has 0 fully saturated rings. The second-order valence-corrected chi connectivity index (χ2v) is 11.5. The highest BCUT2D eigenvalue weighted by Gasteiger charge is 2.32. The van der Waals surface area contributed by atoms with E-state index in [4.69, 9.17) is 4.74 Å². The van der Waals surface area contributed by atoms with Crippen LogP contribution in [0.15, 0.2) is 96.7 Å². The third-order valence-electron chi connectivity index (χ3n) is 6.14. The van der Waals surface area contributed by atoms with Crippen LogP contribution >= 0.6 is 43.2 Å². The number of phenolic OH excluding ortho intramolecular Hbond substituents is 1. The topological polar surface area (TPSA) is 92.9 Å². The zero-order valence-corrected chi connectivity index (χ0v) is 24.9. The fourth-order valence-electron chi connectivity index (χ4n) is 4.38. The summed E-state index contributed by atoms with van der Waals surface area (Å²) < 4.78 is 8.63. The summed E-state index contributed by atoms with van der Waals surface area (Å²) in [5.74, 6) is 0.448. The van der Waals surface area contributed by atoms with Crippen molar-refractivity contribution in [2.24, 2.45) is 4.99 Å². The van der Waals surface area contributed by atoms with Crippen LogP contribution < -0.4 is 24.9 Å². The molecule has 1 aliphatic heterocycles. The number of ether oxygens (including phenoxy) is 1. The van der Waals surface area contributed by atoms with Crippen molar-refractivity contribution in [1.29, 1.82) is 0 Å². The van der Waals surface area contributed by atoms with E-state index >= 15 is 0 Å². The van der Waals surface area contributed by atoms with Crippen molar-refractivity contribution in [3.8, 4) is 11.5 Å². The molecule has 198 valence electrons. The van der Waals surface area contributed by atoms with Gasteiger partial charge in [0, 0.05) is 5.69 Å². The first-order chi connectivity index (χ1) is 18.8. The SMILES string of the molecule is CCOc1ccc([C@H]2C(C(=O)Nc3ccccc3)=C(C)N=c3s/c(=C\c4cc(Br)c(O)c(Br)c4)c(=O)n32)cc1. The van der Waals surface area contributed by atoms with Crippen LogP contribution in [0.5, 0.6) is 11.5 Å². The van der Waals surface area contributed by atoms with Gasteiger partial charge in [0.2, 0.25) is 0 Å². The highest BCUT2D eigenvalue weighted by molar-refractivity contribution is 9.11. The smallest absolute Gasteiger partial charge is 0.271 e. The van der Waals surface area contributed by atoms with Gasteiger partial charge in [-0.25, -0.2) is 4.99 Å². The fraction of sp³-hybridized carbons (Fsp3) is 0.138. The highest BCUT2D eigenvalue weighted by atomic mass is 79.9. The van der Waals surface area contributed by atoms with E-state index in [2.05, 4.69) is 42.2 Å². The first-order valence-electron chi connectivity index (χ1n) is 12.1. The van der Waals surface area contributed by atoms with Crippen LogP contribution in [0.1, 0.15) is 31.0 Å². The minimum Gasteiger partial charge on any atom is -0.506 e. The number of hydrogen-bond acceptors (Lipinski definition) is 6. The quantitative estimate of drug-likeness (QED) is 0.284. The number of fused-ring (bicyclic) bond motifs is 1. The number of thiazole rings is 1. The van der Waals surface area contributed by atoms with Crippen LogP contribution in [-0.2, 0) is 4.79 Å². The molecule has 1 atom stereocenters. The molecule has 1 aliphatic rings.